The summed E-state index contributed by atoms with van der Waals surface area (Å²) in [5.41, 5.74) is 2.36. The van der Waals surface area contributed by atoms with Crippen LogP contribution in [0.4, 0.5) is 0 Å². The van der Waals surface area contributed by atoms with Crippen molar-refractivity contribution in [3.8, 4) is 0 Å². The van der Waals surface area contributed by atoms with Gasteiger partial charge in [0, 0.05) is 22.6 Å². The van der Waals surface area contributed by atoms with Gasteiger partial charge < -0.3 is 5.32 Å². The molecule has 0 atom stereocenters. The number of nitrogens with one attached hydrogen (secondary N) is 1. The second-order valence-corrected chi connectivity index (χ2v) is 7.31. The van der Waals surface area contributed by atoms with Crippen LogP contribution in [0.25, 0.3) is 0 Å². The minimum atomic E-state index is 0.855. The molecule has 0 amide bonds. The molecule has 1 aliphatic rings. The Morgan fingerprint density at radius 3 is 1.76 bits per heavy atom. The third kappa shape index (κ3) is 4.78. The van der Waals surface area contributed by atoms with Crippen LogP contribution in [-0.2, 0) is 0 Å². The van der Waals surface area contributed by atoms with Gasteiger partial charge in [-0.3, -0.25) is 9.98 Å². The lowest BCUT2D eigenvalue weighted by Crippen LogP contribution is -2.23. The first-order valence-electron chi connectivity index (χ1n) is 7.48. The number of hydrogen-bond acceptors (Lipinski definition) is 4. The highest BCUT2D eigenvalue weighted by Crippen LogP contribution is 2.16. The molecule has 21 heavy (non-hydrogen) atoms. The van der Waals surface area contributed by atoms with Crippen molar-refractivity contribution in [2.75, 3.05) is 36.1 Å². The van der Waals surface area contributed by atoms with Crippen molar-refractivity contribution in [1.29, 1.82) is 0 Å². The van der Waals surface area contributed by atoms with Gasteiger partial charge in [-0.2, -0.15) is 23.5 Å². The van der Waals surface area contributed by atoms with Gasteiger partial charge in [0.15, 0.2) is 0 Å². The van der Waals surface area contributed by atoms with Crippen LogP contribution in [0.2, 0.25) is 0 Å². The van der Waals surface area contributed by atoms with Crippen molar-refractivity contribution < 1.29 is 0 Å². The largest absolute Gasteiger partial charge is 0.325 e. The van der Waals surface area contributed by atoms with Gasteiger partial charge in [0.05, 0.1) is 13.1 Å². The Hall–Kier alpha value is -0.940. The molecule has 114 valence electrons. The van der Waals surface area contributed by atoms with Gasteiger partial charge in [0.2, 0.25) is 0 Å². The zero-order valence-corrected chi connectivity index (χ0v) is 14.4. The maximum Gasteiger partial charge on any atom is 0.134 e. The fourth-order valence-corrected chi connectivity index (χ4v) is 3.14. The van der Waals surface area contributed by atoms with E-state index in [-0.39, 0.29) is 0 Å². The topological polar surface area (TPSA) is 36.8 Å². The number of rotatable bonds is 8. The van der Waals surface area contributed by atoms with E-state index in [0.29, 0.717) is 0 Å². The van der Waals surface area contributed by atoms with Crippen LogP contribution in [-0.4, -0.2) is 47.8 Å². The number of nitrogens with zero attached hydrogens (tertiary/aromatic N) is 2. The minimum Gasteiger partial charge on any atom is -0.325 e. The molecule has 5 heteroatoms. The molecule has 3 nitrogen and oxygen atoms in total. The van der Waals surface area contributed by atoms with Crippen molar-refractivity contribution in [1.82, 2.24) is 5.32 Å². The number of thioether (sulfide) groups is 2. The summed E-state index contributed by atoms with van der Waals surface area (Å²) in [5.74, 6) is 6.40. The van der Waals surface area contributed by atoms with Crippen molar-refractivity contribution in [2.24, 2.45) is 9.98 Å². The molecular formula is C16H23N3S2. The maximum absolute atomic E-state index is 4.70. The third-order valence-corrected chi connectivity index (χ3v) is 4.85. The van der Waals surface area contributed by atoms with Crippen LogP contribution in [0.3, 0.4) is 0 Å². The highest BCUT2D eigenvalue weighted by atomic mass is 32.2. The van der Waals surface area contributed by atoms with Crippen molar-refractivity contribution in [3.63, 3.8) is 0 Å². The number of fused-ring (bicyclic) bond motifs is 1. The second kappa shape index (κ2) is 9.15. The molecule has 0 unspecified atom stereocenters. The summed E-state index contributed by atoms with van der Waals surface area (Å²) < 4.78 is 0. The highest BCUT2D eigenvalue weighted by Gasteiger charge is 2.21. The number of amidine groups is 2. The summed E-state index contributed by atoms with van der Waals surface area (Å²) in [6, 6.07) is 8.37. The first kappa shape index (κ1) is 16.4. The highest BCUT2D eigenvalue weighted by molar-refractivity contribution is 7.99. The SMILES string of the molecule is CCSCCN=C1NC(=NCCSCC)c2ccccc21. The molecule has 1 heterocycles. The summed E-state index contributed by atoms with van der Waals surface area (Å²) >= 11 is 3.85. The molecule has 0 spiro atoms. The molecule has 0 radical (unpaired) electrons. The number of benzene rings is 1. The van der Waals surface area contributed by atoms with Gasteiger partial charge in [-0.1, -0.05) is 38.1 Å². The van der Waals surface area contributed by atoms with Crippen LogP contribution < -0.4 is 5.32 Å². The zero-order chi connectivity index (χ0) is 14.9. The Morgan fingerprint density at radius 1 is 0.857 bits per heavy atom. The van der Waals surface area contributed by atoms with E-state index in [0.717, 1.165) is 47.8 Å². The van der Waals surface area contributed by atoms with Crippen LogP contribution >= 0.6 is 23.5 Å². The molecule has 1 aromatic rings. The summed E-state index contributed by atoms with van der Waals surface area (Å²) in [6.07, 6.45) is 0. The Morgan fingerprint density at radius 2 is 1.33 bits per heavy atom. The molecular weight excluding hydrogens is 298 g/mol. The van der Waals surface area contributed by atoms with Crippen molar-refractivity contribution >= 4 is 35.2 Å². The van der Waals surface area contributed by atoms with Crippen LogP contribution in [0, 0.1) is 0 Å². The average molecular weight is 322 g/mol. The lowest BCUT2D eigenvalue weighted by Gasteiger charge is -2.01. The zero-order valence-electron chi connectivity index (χ0n) is 12.8. The van der Waals surface area contributed by atoms with E-state index in [2.05, 4.69) is 43.4 Å². The number of hydrogen-bond donors (Lipinski definition) is 1. The van der Waals surface area contributed by atoms with Crippen LogP contribution in [0.5, 0.6) is 0 Å². The van der Waals surface area contributed by atoms with Crippen LogP contribution in [0.1, 0.15) is 25.0 Å². The first-order valence-corrected chi connectivity index (χ1v) is 9.79. The standard InChI is InChI=1S/C16H23N3S2/c1-3-20-11-9-17-15-13-7-5-6-8-14(13)16(19-15)18-10-12-21-4-2/h5-8H,3-4,9-12H2,1-2H3,(H,17,18,19). The monoisotopic (exact) mass is 321 g/mol. The molecule has 0 bridgehead atoms. The Balaban J connectivity index is 2.06. The van der Waals surface area contributed by atoms with Gasteiger partial charge in [-0.15, -0.1) is 0 Å². The fraction of sp³-hybridized carbons (Fsp3) is 0.500. The first-order chi connectivity index (χ1) is 10.4. The minimum absolute atomic E-state index is 0.855. The summed E-state index contributed by atoms with van der Waals surface area (Å²) in [5, 5.41) is 3.39. The second-order valence-electron chi connectivity index (χ2n) is 4.53. The van der Waals surface area contributed by atoms with E-state index < -0.39 is 0 Å². The lowest BCUT2D eigenvalue weighted by atomic mass is 10.1. The molecule has 0 saturated carbocycles. The molecule has 0 fully saturated rings. The van der Waals surface area contributed by atoms with Gasteiger partial charge in [-0.05, 0) is 11.5 Å². The van der Waals surface area contributed by atoms with Gasteiger partial charge in [0.1, 0.15) is 11.7 Å². The molecule has 2 rings (SSSR count). The third-order valence-electron chi connectivity index (χ3n) is 3.09. The summed E-state index contributed by atoms with van der Waals surface area (Å²) in [4.78, 5) is 9.39. The van der Waals surface area contributed by atoms with E-state index >= 15 is 0 Å². The predicted molar refractivity (Wildman–Crippen MR) is 98.4 cm³/mol. The van der Waals surface area contributed by atoms with Gasteiger partial charge in [-0.25, -0.2) is 0 Å². The average Bonchev–Trinajstić information content (AvgIpc) is 2.87. The smallest absolute Gasteiger partial charge is 0.134 e. The summed E-state index contributed by atoms with van der Waals surface area (Å²) in [7, 11) is 0. The Bertz CT molecular complexity index is 467. The molecule has 0 saturated heterocycles. The van der Waals surface area contributed by atoms with Gasteiger partial charge >= 0.3 is 0 Å². The van der Waals surface area contributed by atoms with Gasteiger partial charge in [0.25, 0.3) is 0 Å². The lowest BCUT2D eigenvalue weighted by molar-refractivity contribution is 1.10. The van der Waals surface area contributed by atoms with E-state index in [9.17, 15) is 0 Å². The molecule has 0 aromatic heterocycles. The van der Waals surface area contributed by atoms with Crippen molar-refractivity contribution in [3.05, 3.63) is 35.4 Å². The van der Waals surface area contributed by atoms with E-state index in [1.54, 1.807) is 0 Å². The predicted octanol–water partition coefficient (Wildman–Crippen LogP) is 3.29. The fourth-order valence-electron chi connectivity index (χ4n) is 2.12. The van der Waals surface area contributed by atoms with E-state index in [1.807, 2.05) is 23.5 Å². The van der Waals surface area contributed by atoms with E-state index in [1.165, 1.54) is 11.1 Å². The van der Waals surface area contributed by atoms with Crippen molar-refractivity contribution in [2.45, 2.75) is 13.8 Å². The Kier molecular flexibility index (Phi) is 7.16. The maximum atomic E-state index is 4.70. The van der Waals surface area contributed by atoms with Crippen LogP contribution in [0.15, 0.2) is 34.3 Å². The molecule has 0 aliphatic carbocycles. The quantitative estimate of drug-likeness (QED) is 0.747. The molecule has 1 aliphatic heterocycles. The van der Waals surface area contributed by atoms with E-state index in [4.69, 9.17) is 9.98 Å². The molecule has 1 N–H and O–H groups in total. The Labute approximate surface area is 136 Å². The normalized spacial score (nSPS) is 17.2. The molecule has 1 aromatic carbocycles. The summed E-state index contributed by atoms with van der Waals surface area (Å²) in [6.45, 7) is 6.07. The number of aliphatic imine (C=N–C) groups is 2.